The van der Waals surface area contributed by atoms with E-state index in [2.05, 4.69) is 5.32 Å². The molecule has 0 aliphatic carbocycles. The number of carbonyl (C=O) groups is 1. The predicted octanol–water partition coefficient (Wildman–Crippen LogP) is 1.90. The first-order valence-electron chi connectivity index (χ1n) is 5.87. The lowest BCUT2D eigenvalue weighted by Crippen LogP contribution is -2.41. The highest BCUT2D eigenvalue weighted by atomic mass is 16.5. The van der Waals surface area contributed by atoms with Gasteiger partial charge in [-0.05, 0) is 18.4 Å². The van der Waals surface area contributed by atoms with Crippen LogP contribution in [0.1, 0.15) is 12.0 Å². The lowest BCUT2D eigenvalue weighted by atomic mass is 9.93. The van der Waals surface area contributed by atoms with Gasteiger partial charge in [0.15, 0.2) is 0 Å². The fraction of sp³-hybridized carbons (Fsp3) is 0.462. The van der Waals surface area contributed by atoms with Gasteiger partial charge in [-0.25, -0.2) is 4.79 Å². The zero-order valence-electron chi connectivity index (χ0n) is 9.63. The summed E-state index contributed by atoms with van der Waals surface area (Å²) >= 11 is 0. The van der Waals surface area contributed by atoms with Crippen LogP contribution in [0, 0.1) is 5.92 Å². The quantitative estimate of drug-likeness (QED) is 0.838. The molecule has 1 heterocycles. The van der Waals surface area contributed by atoms with Crippen molar-refractivity contribution in [3.8, 4) is 0 Å². The average Bonchev–Trinajstić information content (AvgIpc) is 2.82. The van der Waals surface area contributed by atoms with E-state index < -0.39 is 6.09 Å². The Labute approximate surface area is 101 Å². The van der Waals surface area contributed by atoms with Crippen LogP contribution in [0.3, 0.4) is 0 Å². The molecule has 1 aromatic rings. The van der Waals surface area contributed by atoms with Gasteiger partial charge in [0, 0.05) is 18.6 Å². The number of carboxylic acid groups (broad SMARTS) is 1. The van der Waals surface area contributed by atoms with Crippen LogP contribution in [0.4, 0.5) is 4.79 Å². The van der Waals surface area contributed by atoms with Crippen LogP contribution in [0.15, 0.2) is 30.3 Å². The molecule has 0 aromatic heterocycles. The molecule has 1 amide bonds. The van der Waals surface area contributed by atoms with Gasteiger partial charge in [-0.1, -0.05) is 30.3 Å². The normalized spacial score (nSPS) is 21.1. The molecule has 0 radical (unpaired) electrons. The van der Waals surface area contributed by atoms with Gasteiger partial charge in [0.25, 0.3) is 0 Å². The Bertz CT molecular complexity index is 360. The van der Waals surface area contributed by atoms with Gasteiger partial charge >= 0.3 is 6.09 Å². The standard InChI is InChI=1S/C13H17NO3/c15-13(16)14-12(11-6-7-17-9-11)8-10-4-2-1-3-5-10/h1-5,11-12,14H,6-9H2,(H,15,16). The van der Waals surface area contributed by atoms with E-state index in [0.717, 1.165) is 25.0 Å². The molecule has 2 unspecified atom stereocenters. The molecule has 1 aliphatic rings. The number of hydrogen-bond donors (Lipinski definition) is 2. The van der Waals surface area contributed by atoms with E-state index in [1.54, 1.807) is 0 Å². The molecule has 4 nitrogen and oxygen atoms in total. The van der Waals surface area contributed by atoms with Gasteiger partial charge < -0.3 is 15.2 Å². The van der Waals surface area contributed by atoms with E-state index in [4.69, 9.17) is 9.84 Å². The molecule has 1 saturated heterocycles. The minimum Gasteiger partial charge on any atom is -0.465 e. The summed E-state index contributed by atoms with van der Waals surface area (Å²) < 4.78 is 5.32. The van der Waals surface area contributed by atoms with Crippen LogP contribution in [0.2, 0.25) is 0 Å². The smallest absolute Gasteiger partial charge is 0.404 e. The highest BCUT2D eigenvalue weighted by molar-refractivity contribution is 5.65. The monoisotopic (exact) mass is 235 g/mol. The summed E-state index contributed by atoms with van der Waals surface area (Å²) in [5, 5.41) is 11.5. The van der Waals surface area contributed by atoms with Gasteiger partial charge in [0.05, 0.1) is 6.61 Å². The lowest BCUT2D eigenvalue weighted by Gasteiger charge is -2.22. The molecule has 0 spiro atoms. The summed E-state index contributed by atoms with van der Waals surface area (Å²) in [6, 6.07) is 9.88. The molecule has 1 aromatic carbocycles. The fourth-order valence-corrected chi connectivity index (χ4v) is 2.23. The van der Waals surface area contributed by atoms with Gasteiger partial charge in [-0.15, -0.1) is 0 Å². The molecule has 92 valence electrons. The van der Waals surface area contributed by atoms with Crippen molar-refractivity contribution in [2.24, 2.45) is 5.92 Å². The maximum Gasteiger partial charge on any atom is 0.404 e. The Morgan fingerprint density at radius 1 is 1.47 bits per heavy atom. The van der Waals surface area contributed by atoms with E-state index in [1.807, 2.05) is 30.3 Å². The maximum absolute atomic E-state index is 10.8. The second-order valence-electron chi connectivity index (χ2n) is 4.37. The Hall–Kier alpha value is -1.55. The lowest BCUT2D eigenvalue weighted by molar-refractivity contribution is 0.166. The van der Waals surface area contributed by atoms with Crippen LogP contribution in [0.25, 0.3) is 0 Å². The molecule has 17 heavy (non-hydrogen) atoms. The third kappa shape index (κ3) is 3.46. The predicted molar refractivity (Wildman–Crippen MR) is 64.0 cm³/mol. The Morgan fingerprint density at radius 3 is 2.82 bits per heavy atom. The number of hydrogen-bond acceptors (Lipinski definition) is 2. The van der Waals surface area contributed by atoms with E-state index in [1.165, 1.54) is 0 Å². The summed E-state index contributed by atoms with van der Waals surface area (Å²) in [6.07, 6.45) is 0.691. The first-order valence-corrected chi connectivity index (χ1v) is 5.87. The van der Waals surface area contributed by atoms with Crippen molar-refractivity contribution in [3.63, 3.8) is 0 Å². The van der Waals surface area contributed by atoms with E-state index in [9.17, 15) is 4.79 Å². The Morgan fingerprint density at radius 2 is 2.24 bits per heavy atom. The largest absolute Gasteiger partial charge is 0.465 e. The zero-order valence-corrected chi connectivity index (χ0v) is 9.63. The summed E-state index contributed by atoms with van der Waals surface area (Å²) in [6.45, 7) is 1.38. The van der Waals surface area contributed by atoms with Crippen LogP contribution < -0.4 is 5.32 Å². The molecular formula is C13H17NO3. The van der Waals surface area contributed by atoms with Crippen molar-refractivity contribution in [2.75, 3.05) is 13.2 Å². The molecule has 2 atom stereocenters. The average molecular weight is 235 g/mol. The highest BCUT2D eigenvalue weighted by Crippen LogP contribution is 2.19. The molecule has 1 fully saturated rings. The van der Waals surface area contributed by atoms with Crippen LogP contribution in [-0.2, 0) is 11.2 Å². The highest BCUT2D eigenvalue weighted by Gasteiger charge is 2.27. The van der Waals surface area contributed by atoms with E-state index >= 15 is 0 Å². The molecule has 4 heteroatoms. The summed E-state index contributed by atoms with van der Waals surface area (Å²) in [5.41, 5.74) is 1.15. The SMILES string of the molecule is O=C(O)NC(Cc1ccccc1)C1CCOC1. The van der Waals surface area contributed by atoms with Crippen molar-refractivity contribution in [3.05, 3.63) is 35.9 Å². The molecule has 2 N–H and O–H groups in total. The Balaban J connectivity index is 2.02. The third-order valence-electron chi connectivity index (χ3n) is 3.14. The minimum atomic E-state index is -0.960. The van der Waals surface area contributed by atoms with Gasteiger partial charge in [-0.2, -0.15) is 0 Å². The number of ether oxygens (including phenoxy) is 1. The summed E-state index contributed by atoms with van der Waals surface area (Å²) in [7, 11) is 0. The molecular weight excluding hydrogens is 218 g/mol. The first-order chi connectivity index (χ1) is 8.25. The van der Waals surface area contributed by atoms with Crippen molar-refractivity contribution in [2.45, 2.75) is 18.9 Å². The molecule has 1 aliphatic heterocycles. The van der Waals surface area contributed by atoms with Crippen LogP contribution in [-0.4, -0.2) is 30.5 Å². The van der Waals surface area contributed by atoms with Gasteiger partial charge in [0.1, 0.15) is 0 Å². The van der Waals surface area contributed by atoms with Crippen molar-refractivity contribution in [1.29, 1.82) is 0 Å². The number of benzene rings is 1. The van der Waals surface area contributed by atoms with Crippen molar-refractivity contribution in [1.82, 2.24) is 5.32 Å². The number of amides is 1. The van der Waals surface area contributed by atoms with E-state index in [0.29, 0.717) is 6.61 Å². The molecule has 2 rings (SSSR count). The summed E-state index contributed by atoms with van der Waals surface area (Å²) in [4.78, 5) is 10.8. The van der Waals surface area contributed by atoms with Crippen LogP contribution >= 0.6 is 0 Å². The van der Waals surface area contributed by atoms with Crippen LogP contribution in [0.5, 0.6) is 0 Å². The second kappa shape index (κ2) is 5.68. The fourth-order valence-electron chi connectivity index (χ4n) is 2.23. The number of nitrogens with one attached hydrogen (secondary N) is 1. The first kappa shape index (κ1) is 11.9. The topological polar surface area (TPSA) is 58.6 Å². The maximum atomic E-state index is 10.8. The minimum absolute atomic E-state index is 0.0580. The third-order valence-corrected chi connectivity index (χ3v) is 3.14. The van der Waals surface area contributed by atoms with Gasteiger partial charge in [-0.3, -0.25) is 0 Å². The molecule has 0 saturated carbocycles. The van der Waals surface area contributed by atoms with Crippen molar-refractivity contribution >= 4 is 6.09 Å². The van der Waals surface area contributed by atoms with Gasteiger partial charge in [0.2, 0.25) is 0 Å². The van der Waals surface area contributed by atoms with E-state index in [-0.39, 0.29) is 12.0 Å². The van der Waals surface area contributed by atoms with Crippen molar-refractivity contribution < 1.29 is 14.6 Å². The Kier molecular flexibility index (Phi) is 3.98. The zero-order chi connectivity index (χ0) is 12.1. The summed E-state index contributed by atoms with van der Waals surface area (Å²) in [5.74, 6) is 0.284. The molecule has 0 bridgehead atoms. The number of rotatable bonds is 4. The second-order valence-corrected chi connectivity index (χ2v) is 4.37.